The number of esters is 1. The van der Waals surface area contributed by atoms with E-state index in [1.807, 2.05) is 63.3 Å². The number of ketones is 1. The van der Waals surface area contributed by atoms with Crippen LogP contribution >= 0.6 is 0 Å². The number of nitrogens with one attached hydrogen (secondary N) is 1. The zero-order valence-electron chi connectivity index (χ0n) is 24.4. The average molecular weight is 551 g/mol. The summed E-state index contributed by atoms with van der Waals surface area (Å²) < 4.78 is 13.3. The maximum Gasteiger partial charge on any atom is 0.407 e. The third-order valence-electron chi connectivity index (χ3n) is 8.72. The number of ether oxygens (including phenoxy) is 2. The van der Waals surface area contributed by atoms with E-state index in [0.717, 1.165) is 47.8 Å². The molecule has 3 aliphatic rings. The van der Waals surface area contributed by atoms with Crippen molar-refractivity contribution >= 4 is 28.7 Å². The molecule has 40 heavy (non-hydrogen) atoms. The second kappa shape index (κ2) is 10.8. The number of hydrogen-bond acceptors (Lipinski definition) is 7. The molecule has 1 amide bonds. The molecule has 2 aliphatic carbocycles. The van der Waals surface area contributed by atoms with Crippen molar-refractivity contribution in [3.8, 4) is 0 Å². The second-order valence-electron chi connectivity index (χ2n) is 12.5. The number of Topliss-reactive ketones (excluding diaryl/α,β-unsaturated/α-hetero) is 1. The van der Waals surface area contributed by atoms with E-state index in [4.69, 9.17) is 9.47 Å². The summed E-state index contributed by atoms with van der Waals surface area (Å²) in [6.45, 7) is 8.43. The minimum Gasteiger partial charge on any atom is -0.444 e. The first-order chi connectivity index (χ1) is 19.0. The van der Waals surface area contributed by atoms with Gasteiger partial charge in [0.25, 0.3) is 0 Å². The molecule has 0 spiro atoms. The highest BCUT2D eigenvalue weighted by molar-refractivity contribution is 6.11. The van der Waals surface area contributed by atoms with Crippen LogP contribution in [0.1, 0.15) is 75.9 Å². The van der Waals surface area contributed by atoms with Crippen LogP contribution < -0.4 is 5.32 Å². The fourth-order valence-corrected chi connectivity index (χ4v) is 6.41. The summed E-state index contributed by atoms with van der Waals surface area (Å²) in [5.41, 5.74) is 1.77. The van der Waals surface area contributed by atoms with Crippen LogP contribution in [0.25, 0.3) is 10.9 Å². The minimum atomic E-state index is -0.728. The molecule has 9 heteroatoms. The number of carbonyl (C=O) groups excluding carboxylic acids is 3. The Morgan fingerprint density at radius 3 is 2.52 bits per heavy atom. The van der Waals surface area contributed by atoms with E-state index in [-0.39, 0.29) is 37.1 Å². The largest absolute Gasteiger partial charge is 0.444 e. The highest BCUT2D eigenvalue weighted by Crippen LogP contribution is 2.39. The van der Waals surface area contributed by atoms with Crippen LogP contribution in [0.15, 0.2) is 36.7 Å². The van der Waals surface area contributed by atoms with Gasteiger partial charge in [0, 0.05) is 60.6 Å². The second-order valence-corrected chi connectivity index (χ2v) is 12.5. The maximum atomic E-state index is 13.6. The van der Waals surface area contributed by atoms with Gasteiger partial charge in [-0.3, -0.25) is 9.59 Å². The molecule has 1 saturated carbocycles. The number of amides is 1. The topological polar surface area (TPSA) is 93.1 Å². The van der Waals surface area contributed by atoms with Gasteiger partial charge in [0.15, 0.2) is 12.5 Å². The summed E-state index contributed by atoms with van der Waals surface area (Å²) in [6, 6.07) is 8.12. The quantitative estimate of drug-likeness (QED) is 0.488. The van der Waals surface area contributed by atoms with Crippen molar-refractivity contribution in [3.05, 3.63) is 47.9 Å². The summed E-state index contributed by atoms with van der Waals surface area (Å²) >= 11 is 0. The third-order valence-corrected chi connectivity index (χ3v) is 8.72. The van der Waals surface area contributed by atoms with Crippen LogP contribution in [0.3, 0.4) is 0 Å². The molecule has 1 fully saturated rings. The van der Waals surface area contributed by atoms with E-state index in [0.29, 0.717) is 19.4 Å². The zero-order valence-corrected chi connectivity index (χ0v) is 24.4. The van der Waals surface area contributed by atoms with Crippen molar-refractivity contribution in [3.63, 3.8) is 0 Å². The molecule has 2 atom stereocenters. The lowest BCUT2D eigenvalue weighted by Gasteiger charge is -2.34. The molecule has 0 radical (unpaired) electrons. The average Bonchev–Trinajstić information content (AvgIpc) is 3.60. The van der Waals surface area contributed by atoms with E-state index in [9.17, 15) is 14.4 Å². The SMILES string of the molecule is CC1N(COC(=O)C2(CNC(=O)OC(C)(C)C)CCCC2)C=CN1CC1CCc2c(c3ccccc3n2C)C1=O. The van der Waals surface area contributed by atoms with Crippen LogP contribution in [-0.4, -0.2) is 63.8 Å². The molecule has 1 N–H and O–H groups in total. The number of aryl methyl sites for hydroxylation is 1. The lowest BCUT2D eigenvalue weighted by molar-refractivity contribution is -0.160. The van der Waals surface area contributed by atoms with Crippen molar-refractivity contribution in [1.82, 2.24) is 19.7 Å². The third kappa shape index (κ3) is 5.43. The first kappa shape index (κ1) is 28.1. The number of benzene rings is 1. The molecule has 2 heterocycles. The first-order valence-corrected chi connectivity index (χ1v) is 14.4. The molecule has 0 bridgehead atoms. The molecule has 9 nitrogen and oxygen atoms in total. The maximum absolute atomic E-state index is 13.6. The normalized spacial score (nSPS) is 22.1. The monoisotopic (exact) mass is 550 g/mol. The Morgan fingerprint density at radius 1 is 1.10 bits per heavy atom. The molecule has 216 valence electrons. The number of aromatic nitrogens is 1. The summed E-state index contributed by atoms with van der Waals surface area (Å²) in [4.78, 5) is 43.2. The number of hydrogen-bond donors (Lipinski definition) is 1. The Kier molecular flexibility index (Phi) is 7.59. The molecule has 0 saturated heterocycles. The fourth-order valence-electron chi connectivity index (χ4n) is 6.41. The summed E-state index contributed by atoms with van der Waals surface area (Å²) in [5, 5.41) is 3.82. The predicted octanol–water partition coefficient (Wildman–Crippen LogP) is 4.94. The van der Waals surface area contributed by atoms with Gasteiger partial charge in [-0.05, 0) is 59.4 Å². The van der Waals surface area contributed by atoms with Crippen LogP contribution in [-0.2, 0) is 27.7 Å². The van der Waals surface area contributed by atoms with Crippen LogP contribution in [0, 0.1) is 11.3 Å². The van der Waals surface area contributed by atoms with Crippen LogP contribution in [0.4, 0.5) is 4.79 Å². The number of rotatable bonds is 7. The Balaban J connectivity index is 1.17. The number of nitrogens with zero attached hydrogens (tertiary/aromatic N) is 3. The van der Waals surface area contributed by atoms with Gasteiger partial charge in [-0.25, -0.2) is 4.79 Å². The van der Waals surface area contributed by atoms with Gasteiger partial charge < -0.3 is 29.2 Å². The van der Waals surface area contributed by atoms with Gasteiger partial charge in [0.05, 0.1) is 5.41 Å². The van der Waals surface area contributed by atoms with E-state index in [2.05, 4.69) is 27.8 Å². The van der Waals surface area contributed by atoms with Gasteiger partial charge in [0.1, 0.15) is 11.8 Å². The molecule has 5 rings (SSSR count). The molecule has 1 aromatic carbocycles. The van der Waals surface area contributed by atoms with E-state index in [1.165, 1.54) is 0 Å². The van der Waals surface area contributed by atoms with E-state index < -0.39 is 17.1 Å². The molecular weight excluding hydrogens is 508 g/mol. The molecular formula is C31H42N4O5. The molecule has 1 aliphatic heterocycles. The number of alkyl carbamates (subject to hydrolysis) is 1. The van der Waals surface area contributed by atoms with Crippen molar-refractivity contribution in [2.75, 3.05) is 19.8 Å². The van der Waals surface area contributed by atoms with Gasteiger partial charge in [-0.1, -0.05) is 31.0 Å². The van der Waals surface area contributed by atoms with Crippen LogP contribution in [0.5, 0.6) is 0 Å². The number of carbonyl (C=O) groups is 3. The summed E-state index contributed by atoms with van der Waals surface area (Å²) in [5.74, 6) is -0.163. The lowest BCUT2D eigenvalue weighted by atomic mass is 9.84. The van der Waals surface area contributed by atoms with Crippen molar-refractivity contribution in [1.29, 1.82) is 0 Å². The van der Waals surface area contributed by atoms with Gasteiger partial charge in [0.2, 0.25) is 0 Å². The predicted molar refractivity (Wildman–Crippen MR) is 152 cm³/mol. The highest BCUT2D eigenvalue weighted by Gasteiger charge is 2.44. The molecule has 2 unspecified atom stereocenters. The van der Waals surface area contributed by atoms with Crippen molar-refractivity contribution in [2.24, 2.45) is 18.4 Å². The Bertz CT molecular complexity index is 1320. The number of fused-ring (bicyclic) bond motifs is 3. The first-order valence-electron chi connectivity index (χ1n) is 14.4. The molecule has 2 aromatic rings. The summed E-state index contributed by atoms with van der Waals surface area (Å²) in [6.07, 6.45) is 8.24. The number of para-hydroxylation sites is 1. The Morgan fingerprint density at radius 2 is 1.80 bits per heavy atom. The summed E-state index contributed by atoms with van der Waals surface area (Å²) in [7, 11) is 2.04. The van der Waals surface area contributed by atoms with E-state index in [1.54, 1.807) is 0 Å². The van der Waals surface area contributed by atoms with Crippen LogP contribution in [0.2, 0.25) is 0 Å². The fraction of sp³-hybridized carbons (Fsp3) is 0.581. The van der Waals surface area contributed by atoms with Gasteiger partial charge >= 0.3 is 12.1 Å². The van der Waals surface area contributed by atoms with Crippen molar-refractivity contribution in [2.45, 2.75) is 78.0 Å². The van der Waals surface area contributed by atoms with E-state index >= 15 is 0 Å². The minimum absolute atomic E-state index is 0.0473. The highest BCUT2D eigenvalue weighted by atomic mass is 16.6. The smallest absolute Gasteiger partial charge is 0.407 e. The standard InChI is InChI=1S/C31H42N4O5/c1-21-34(18-22-12-13-25-26(27(22)36)23-10-6-7-11-24(23)33(25)5)16-17-35(21)20-39-28(37)31(14-8-9-15-31)19-32-29(38)40-30(2,3)4/h6-7,10-11,16-17,21-22H,8-9,12-15,18-20H2,1-5H3,(H,32,38). The van der Waals surface area contributed by atoms with Gasteiger partial charge in [-0.15, -0.1) is 0 Å². The molecule has 1 aromatic heterocycles. The Hall–Kier alpha value is -3.49. The van der Waals surface area contributed by atoms with Crippen molar-refractivity contribution < 1.29 is 23.9 Å². The lowest BCUT2D eigenvalue weighted by Crippen LogP contribution is -2.46. The zero-order chi connectivity index (χ0) is 28.7. The Labute approximate surface area is 236 Å². The van der Waals surface area contributed by atoms with Gasteiger partial charge in [-0.2, -0.15) is 0 Å².